The molecule has 2 rings (SSSR count). The molecule has 0 spiro atoms. The van der Waals surface area contributed by atoms with E-state index in [2.05, 4.69) is 10.3 Å². The van der Waals surface area contributed by atoms with Gasteiger partial charge in [-0.1, -0.05) is 6.92 Å². The zero-order valence-corrected chi connectivity index (χ0v) is 10.4. The van der Waals surface area contributed by atoms with Crippen LogP contribution in [0.4, 0.5) is 18.9 Å². The lowest BCUT2D eigenvalue weighted by atomic mass is 10.0. The predicted octanol–water partition coefficient (Wildman–Crippen LogP) is 3.56. The van der Waals surface area contributed by atoms with E-state index in [0.717, 1.165) is 17.3 Å². The van der Waals surface area contributed by atoms with E-state index in [1.54, 1.807) is 14.0 Å². The second-order valence-corrected chi connectivity index (χ2v) is 4.04. The number of anilines is 1. The quantitative estimate of drug-likeness (QED) is 0.829. The zero-order valence-electron chi connectivity index (χ0n) is 10.4. The summed E-state index contributed by atoms with van der Waals surface area (Å²) in [6.45, 7) is 3.68. The Morgan fingerprint density at radius 1 is 1.22 bits per heavy atom. The Kier molecular flexibility index (Phi) is 3.15. The van der Waals surface area contributed by atoms with Crippen LogP contribution in [0.3, 0.4) is 0 Å². The molecule has 0 saturated carbocycles. The third-order valence-corrected chi connectivity index (χ3v) is 3.04. The molecule has 2 nitrogen and oxygen atoms in total. The van der Waals surface area contributed by atoms with E-state index in [-0.39, 0.29) is 10.9 Å². The summed E-state index contributed by atoms with van der Waals surface area (Å²) in [4.78, 5) is 4.18. The van der Waals surface area contributed by atoms with Crippen LogP contribution in [-0.2, 0) is 6.42 Å². The van der Waals surface area contributed by atoms with Crippen LogP contribution in [0.25, 0.3) is 10.9 Å². The van der Waals surface area contributed by atoms with Gasteiger partial charge in [0.15, 0.2) is 17.5 Å². The molecule has 2 aromatic rings. The van der Waals surface area contributed by atoms with E-state index < -0.39 is 17.5 Å². The summed E-state index contributed by atoms with van der Waals surface area (Å²) in [7, 11) is 1.61. The van der Waals surface area contributed by atoms with Crippen molar-refractivity contribution in [2.75, 3.05) is 12.4 Å². The maximum Gasteiger partial charge on any atom is 0.195 e. The number of halogens is 3. The largest absolute Gasteiger partial charge is 0.387 e. The molecule has 0 amide bonds. The summed E-state index contributed by atoms with van der Waals surface area (Å²) >= 11 is 0. The summed E-state index contributed by atoms with van der Waals surface area (Å²) in [6, 6.07) is 0.924. The molecule has 0 fully saturated rings. The van der Waals surface area contributed by atoms with Gasteiger partial charge in [0.2, 0.25) is 0 Å². The lowest BCUT2D eigenvalue weighted by Gasteiger charge is -2.14. The molecular weight excluding hydrogens is 241 g/mol. The minimum Gasteiger partial charge on any atom is -0.387 e. The van der Waals surface area contributed by atoms with Crippen molar-refractivity contribution in [3.8, 4) is 0 Å². The smallest absolute Gasteiger partial charge is 0.195 e. The number of aromatic nitrogens is 1. The molecule has 0 bridgehead atoms. The molecule has 0 atom stereocenters. The molecule has 1 aromatic carbocycles. The highest BCUT2D eigenvalue weighted by atomic mass is 19.2. The first-order chi connectivity index (χ1) is 8.51. The molecule has 18 heavy (non-hydrogen) atoms. The highest BCUT2D eigenvalue weighted by molar-refractivity contribution is 5.94. The van der Waals surface area contributed by atoms with Gasteiger partial charge in [-0.3, -0.25) is 4.98 Å². The van der Waals surface area contributed by atoms with Crippen molar-refractivity contribution in [1.82, 2.24) is 4.98 Å². The van der Waals surface area contributed by atoms with Gasteiger partial charge in [0.1, 0.15) is 0 Å². The summed E-state index contributed by atoms with van der Waals surface area (Å²) in [5, 5.41) is 2.82. The topological polar surface area (TPSA) is 24.9 Å². The van der Waals surface area contributed by atoms with E-state index in [1.165, 1.54) is 0 Å². The van der Waals surface area contributed by atoms with Gasteiger partial charge in [-0.15, -0.1) is 0 Å². The maximum atomic E-state index is 13.8. The lowest BCUT2D eigenvalue weighted by molar-refractivity contribution is 0.453. The Labute approximate surface area is 103 Å². The Hall–Kier alpha value is -1.78. The van der Waals surface area contributed by atoms with Gasteiger partial charge in [-0.25, -0.2) is 13.2 Å². The van der Waals surface area contributed by atoms with E-state index >= 15 is 0 Å². The van der Waals surface area contributed by atoms with E-state index in [1.807, 2.05) is 6.92 Å². The third kappa shape index (κ3) is 1.70. The van der Waals surface area contributed by atoms with E-state index in [0.29, 0.717) is 12.1 Å². The summed E-state index contributed by atoms with van der Waals surface area (Å²) in [5.74, 6) is -3.89. The van der Waals surface area contributed by atoms with Crippen molar-refractivity contribution in [1.29, 1.82) is 0 Å². The number of nitrogens with one attached hydrogen (secondary N) is 1. The number of nitrogens with zero attached hydrogens (tertiary/aromatic N) is 1. The zero-order chi connectivity index (χ0) is 13.4. The number of hydrogen-bond donors (Lipinski definition) is 1. The molecule has 0 aliphatic carbocycles. The van der Waals surface area contributed by atoms with Gasteiger partial charge in [-0.2, -0.15) is 0 Å². The molecule has 5 heteroatoms. The normalized spacial score (nSPS) is 11.0. The first-order valence-corrected chi connectivity index (χ1v) is 5.65. The highest BCUT2D eigenvalue weighted by Crippen LogP contribution is 2.32. The molecule has 1 aromatic heterocycles. The Balaban J connectivity index is 2.98. The van der Waals surface area contributed by atoms with Crippen LogP contribution in [0.1, 0.15) is 18.2 Å². The SMILES string of the molecule is CCc1nc2cc(F)c(F)c(F)c2c(NC)c1C. The lowest BCUT2D eigenvalue weighted by Crippen LogP contribution is -2.04. The highest BCUT2D eigenvalue weighted by Gasteiger charge is 2.19. The van der Waals surface area contributed by atoms with Crippen LogP contribution < -0.4 is 5.32 Å². The number of fused-ring (bicyclic) bond motifs is 1. The molecule has 0 saturated heterocycles. The van der Waals surface area contributed by atoms with Crippen molar-refractivity contribution in [3.63, 3.8) is 0 Å². The van der Waals surface area contributed by atoms with E-state index in [4.69, 9.17) is 0 Å². The average Bonchev–Trinajstić information content (AvgIpc) is 2.36. The molecule has 0 aliphatic heterocycles. The monoisotopic (exact) mass is 254 g/mol. The van der Waals surface area contributed by atoms with Gasteiger partial charge in [-0.05, 0) is 18.9 Å². The second-order valence-electron chi connectivity index (χ2n) is 4.04. The van der Waals surface area contributed by atoms with Crippen LogP contribution in [0, 0.1) is 24.4 Å². The van der Waals surface area contributed by atoms with E-state index in [9.17, 15) is 13.2 Å². The minimum atomic E-state index is -1.47. The van der Waals surface area contributed by atoms with Gasteiger partial charge in [0.25, 0.3) is 0 Å². The molecule has 0 aliphatic rings. The standard InChI is InChI=1S/C13H13F3N2/c1-4-8-6(2)13(17-3)10-9(18-8)5-7(14)11(15)12(10)16/h5H,4H2,1-3H3,(H,17,18). The first-order valence-electron chi connectivity index (χ1n) is 5.65. The molecule has 96 valence electrons. The van der Waals surface area contributed by atoms with Crippen molar-refractivity contribution < 1.29 is 13.2 Å². The number of aryl methyl sites for hydroxylation is 1. The Morgan fingerprint density at radius 2 is 1.89 bits per heavy atom. The third-order valence-electron chi connectivity index (χ3n) is 3.04. The van der Waals surface area contributed by atoms with Gasteiger partial charge in [0.05, 0.1) is 16.6 Å². The van der Waals surface area contributed by atoms with Gasteiger partial charge >= 0.3 is 0 Å². The molecule has 0 unspecified atom stereocenters. The average molecular weight is 254 g/mol. The number of rotatable bonds is 2. The van der Waals surface area contributed by atoms with Crippen LogP contribution >= 0.6 is 0 Å². The summed E-state index contributed by atoms with van der Waals surface area (Å²) in [6.07, 6.45) is 0.636. The maximum absolute atomic E-state index is 13.8. The van der Waals surface area contributed by atoms with Crippen molar-refractivity contribution in [2.24, 2.45) is 0 Å². The van der Waals surface area contributed by atoms with Crippen LogP contribution in [0.5, 0.6) is 0 Å². The Morgan fingerprint density at radius 3 is 2.44 bits per heavy atom. The molecular formula is C13H13F3N2. The number of pyridine rings is 1. The summed E-state index contributed by atoms with van der Waals surface area (Å²) in [5.41, 5.74) is 2.06. The fourth-order valence-corrected chi connectivity index (χ4v) is 2.13. The minimum absolute atomic E-state index is 0.00824. The Bertz CT molecular complexity index is 624. The first kappa shape index (κ1) is 12.7. The van der Waals surface area contributed by atoms with Gasteiger partial charge in [0, 0.05) is 18.8 Å². The van der Waals surface area contributed by atoms with Gasteiger partial charge < -0.3 is 5.32 Å². The van der Waals surface area contributed by atoms with Crippen LogP contribution in [0.15, 0.2) is 6.07 Å². The van der Waals surface area contributed by atoms with Crippen molar-refractivity contribution in [2.45, 2.75) is 20.3 Å². The van der Waals surface area contributed by atoms with Crippen LogP contribution in [-0.4, -0.2) is 12.0 Å². The molecule has 0 radical (unpaired) electrons. The molecule has 1 heterocycles. The predicted molar refractivity (Wildman–Crippen MR) is 65.3 cm³/mol. The van der Waals surface area contributed by atoms with Crippen molar-refractivity contribution in [3.05, 3.63) is 34.8 Å². The molecule has 1 N–H and O–H groups in total. The fraction of sp³-hybridized carbons (Fsp3) is 0.308. The summed E-state index contributed by atoms with van der Waals surface area (Å²) < 4.78 is 40.3. The number of hydrogen-bond acceptors (Lipinski definition) is 2. The fourth-order valence-electron chi connectivity index (χ4n) is 2.13. The van der Waals surface area contributed by atoms with Crippen LogP contribution in [0.2, 0.25) is 0 Å². The number of benzene rings is 1. The second kappa shape index (κ2) is 4.48. The van der Waals surface area contributed by atoms with Crippen molar-refractivity contribution >= 4 is 16.6 Å².